The van der Waals surface area contributed by atoms with Crippen molar-refractivity contribution in [2.24, 2.45) is 11.7 Å². The Bertz CT molecular complexity index is 419. The molecule has 0 aliphatic carbocycles. The molecule has 94 valence electrons. The molecule has 1 aliphatic heterocycles. The number of aliphatic hydroxyl groups excluding tert-OH is 1. The van der Waals surface area contributed by atoms with Crippen molar-refractivity contribution in [1.29, 1.82) is 0 Å². The van der Waals surface area contributed by atoms with Crippen molar-refractivity contribution in [3.63, 3.8) is 0 Å². The first-order chi connectivity index (χ1) is 8.04. The predicted molar refractivity (Wildman–Crippen MR) is 57.9 cm³/mol. The van der Waals surface area contributed by atoms with E-state index in [1.165, 1.54) is 11.0 Å². The van der Waals surface area contributed by atoms with E-state index in [0.717, 1.165) is 6.42 Å². The standard InChI is InChI=1S/C10H16N4O3/c1-3-6-5(2)7(15)10(17-6)14-4-12-9(13-14)8(11)16/h4-7,10,15H,3H2,1-2H3,(H2,11,16)/t5-,6?,7-,10?/m1/s1. The Morgan fingerprint density at radius 2 is 2.41 bits per heavy atom. The Morgan fingerprint density at radius 1 is 1.71 bits per heavy atom. The Hall–Kier alpha value is -1.47. The lowest BCUT2D eigenvalue weighted by atomic mass is 9.99. The van der Waals surface area contributed by atoms with Gasteiger partial charge in [0, 0.05) is 5.92 Å². The maximum atomic E-state index is 10.9. The number of carbonyl (C=O) groups is 1. The second-order valence-corrected chi connectivity index (χ2v) is 4.24. The molecule has 1 aromatic rings. The number of rotatable bonds is 3. The lowest BCUT2D eigenvalue weighted by molar-refractivity contribution is -0.0451. The lowest BCUT2D eigenvalue weighted by Gasteiger charge is -2.14. The molecule has 0 aromatic carbocycles. The maximum Gasteiger partial charge on any atom is 0.288 e. The molecule has 0 spiro atoms. The van der Waals surface area contributed by atoms with Gasteiger partial charge in [0.1, 0.15) is 12.4 Å². The van der Waals surface area contributed by atoms with Crippen LogP contribution >= 0.6 is 0 Å². The highest BCUT2D eigenvalue weighted by Crippen LogP contribution is 2.34. The summed E-state index contributed by atoms with van der Waals surface area (Å²) < 4.78 is 7.02. The summed E-state index contributed by atoms with van der Waals surface area (Å²) in [7, 11) is 0. The number of hydrogen-bond donors (Lipinski definition) is 2. The van der Waals surface area contributed by atoms with Crippen molar-refractivity contribution in [1.82, 2.24) is 14.8 Å². The van der Waals surface area contributed by atoms with Gasteiger partial charge in [-0.3, -0.25) is 4.79 Å². The molecule has 0 radical (unpaired) electrons. The normalized spacial score (nSPS) is 32.9. The highest BCUT2D eigenvalue weighted by molar-refractivity contribution is 5.88. The van der Waals surface area contributed by atoms with Crippen LogP contribution in [0.3, 0.4) is 0 Å². The fraction of sp³-hybridized carbons (Fsp3) is 0.700. The van der Waals surface area contributed by atoms with E-state index in [9.17, 15) is 9.90 Å². The second kappa shape index (κ2) is 4.42. The van der Waals surface area contributed by atoms with Gasteiger partial charge in [0.2, 0.25) is 5.82 Å². The molecule has 2 unspecified atom stereocenters. The minimum Gasteiger partial charge on any atom is -0.388 e. The van der Waals surface area contributed by atoms with E-state index in [1.807, 2.05) is 13.8 Å². The molecule has 1 aliphatic rings. The van der Waals surface area contributed by atoms with Crippen LogP contribution in [-0.2, 0) is 4.74 Å². The summed E-state index contributed by atoms with van der Waals surface area (Å²) in [6.45, 7) is 3.91. The van der Waals surface area contributed by atoms with Crippen molar-refractivity contribution in [2.45, 2.75) is 38.7 Å². The average Bonchev–Trinajstić information content (AvgIpc) is 2.87. The van der Waals surface area contributed by atoms with Crippen LogP contribution in [0, 0.1) is 5.92 Å². The summed E-state index contributed by atoms with van der Waals surface area (Å²) in [4.78, 5) is 14.6. The smallest absolute Gasteiger partial charge is 0.288 e. The number of nitrogens with two attached hydrogens (primary N) is 1. The molecule has 1 fully saturated rings. The van der Waals surface area contributed by atoms with E-state index >= 15 is 0 Å². The first-order valence-corrected chi connectivity index (χ1v) is 5.59. The van der Waals surface area contributed by atoms with E-state index in [0.29, 0.717) is 0 Å². The first-order valence-electron chi connectivity index (χ1n) is 5.59. The van der Waals surface area contributed by atoms with Crippen molar-refractivity contribution in [3.8, 4) is 0 Å². The number of amides is 1. The Balaban J connectivity index is 2.19. The van der Waals surface area contributed by atoms with E-state index < -0.39 is 18.2 Å². The van der Waals surface area contributed by atoms with Crippen LogP contribution in [0.5, 0.6) is 0 Å². The predicted octanol–water partition coefficient (Wildman–Crippen LogP) is -0.319. The number of carbonyl (C=O) groups excluding carboxylic acids is 1. The topological polar surface area (TPSA) is 103 Å². The molecular formula is C10H16N4O3. The molecule has 1 saturated heterocycles. The van der Waals surface area contributed by atoms with Gasteiger partial charge in [-0.2, -0.15) is 0 Å². The van der Waals surface area contributed by atoms with Crippen LogP contribution in [0.15, 0.2) is 6.33 Å². The van der Waals surface area contributed by atoms with Gasteiger partial charge in [0.25, 0.3) is 5.91 Å². The quantitative estimate of drug-likeness (QED) is 0.753. The summed E-state index contributed by atoms with van der Waals surface area (Å²) in [6.07, 6.45) is 0.874. The Morgan fingerprint density at radius 3 is 2.88 bits per heavy atom. The molecule has 0 bridgehead atoms. The minimum absolute atomic E-state index is 0.0174. The fourth-order valence-corrected chi connectivity index (χ4v) is 2.06. The van der Waals surface area contributed by atoms with Gasteiger partial charge in [-0.25, -0.2) is 9.67 Å². The van der Waals surface area contributed by atoms with E-state index in [-0.39, 0.29) is 17.8 Å². The largest absolute Gasteiger partial charge is 0.388 e. The molecule has 0 saturated carbocycles. The molecule has 7 heteroatoms. The van der Waals surface area contributed by atoms with Crippen LogP contribution < -0.4 is 5.73 Å². The Labute approximate surface area is 98.6 Å². The molecular weight excluding hydrogens is 224 g/mol. The zero-order valence-corrected chi connectivity index (χ0v) is 9.78. The summed E-state index contributed by atoms with van der Waals surface area (Å²) in [5.74, 6) is -0.754. The molecule has 7 nitrogen and oxygen atoms in total. The fourth-order valence-electron chi connectivity index (χ4n) is 2.06. The van der Waals surface area contributed by atoms with Crippen LogP contribution in [0.4, 0.5) is 0 Å². The third-order valence-corrected chi connectivity index (χ3v) is 3.12. The number of aromatic nitrogens is 3. The molecule has 1 aromatic heterocycles. The van der Waals surface area contributed by atoms with Crippen LogP contribution in [0.25, 0.3) is 0 Å². The summed E-state index contributed by atoms with van der Waals surface area (Å²) in [5, 5.41) is 13.9. The number of nitrogens with zero attached hydrogens (tertiary/aromatic N) is 3. The minimum atomic E-state index is -0.698. The summed E-state index contributed by atoms with van der Waals surface area (Å²) in [5.41, 5.74) is 5.06. The second-order valence-electron chi connectivity index (χ2n) is 4.24. The molecule has 4 atom stereocenters. The zero-order valence-electron chi connectivity index (χ0n) is 9.78. The number of ether oxygens (including phenoxy) is 1. The van der Waals surface area contributed by atoms with Crippen LogP contribution in [0.1, 0.15) is 37.1 Å². The summed E-state index contributed by atoms with van der Waals surface area (Å²) in [6, 6.07) is 0. The van der Waals surface area contributed by atoms with Gasteiger partial charge in [-0.15, -0.1) is 5.10 Å². The summed E-state index contributed by atoms with van der Waals surface area (Å²) >= 11 is 0. The molecule has 2 rings (SSSR count). The van der Waals surface area contributed by atoms with Crippen molar-refractivity contribution < 1.29 is 14.6 Å². The zero-order chi connectivity index (χ0) is 12.6. The first kappa shape index (κ1) is 12.0. The number of primary amides is 1. The number of aliphatic hydroxyl groups is 1. The van der Waals surface area contributed by atoms with Crippen molar-refractivity contribution in [3.05, 3.63) is 12.2 Å². The van der Waals surface area contributed by atoms with Crippen molar-refractivity contribution >= 4 is 5.91 Å². The highest BCUT2D eigenvalue weighted by atomic mass is 16.5. The van der Waals surface area contributed by atoms with E-state index in [2.05, 4.69) is 10.1 Å². The van der Waals surface area contributed by atoms with Gasteiger partial charge < -0.3 is 15.6 Å². The Kier molecular flexibility index (Phi) is 3.12. The average molecular weight is 240 g/mol. The number of hydrogen-bond acceptors (Lipinski definition) is 5. The van der Waals surface area contributed by atoms with Crippen molar-refractivity contribution in [2.75, 3.05) is 0 Å². The van der Waals surface area contributed by atoms with Gasteiger partial charge in [0.05, 0.1) is 6.10 Å². The van der Waals surface area contributed by atoms with E-state index in [4.69, 9.17) is 10.5 Å². The van der Waals surface area contributed by atoms with Gasteiger partial charge in [-0.05, 0) is 6.42 Å². The molecule has 2 heterocycles. The van der Waals surface area contributed by atoms with E-state index in [1.54, 1.807) is 0 Å². The molecule has 1 amide bonds. The van der Waals surface area contributed by atoms with Crippen LogP contribution in [0.2, 0.25) is 0 Å². The SMILES string of the molecule is CCC1OC(n2cnc(C(N)=O)n2)[C@H](O)[C@@H]1C. The van der Waals surface area contributed by atoms with Gasteiger partial charge in [-0.1, -0.05) is 13.8 Å². The monoisotopic (exact) mass is 240 g/mol. The van der Waals surface area contributed by atoms with Crippen LogP contribution in [-0.4, -0.2) is 38.0 Å². The third kappa shape index (κ3) is 2.03. The maximum absolute atomic E-state index is 10.9. The highest BCUT2D eigenvalue weighted by Gasteiger charge is 2.41. The third-order valence-electron chi connectivity index (χ3n) is 3.12. The molecule has 17 heavy (non-hydrogen) atoms. The lowest BCUT2D eigenvalue weighted by Crippen LogP contribution is -2.25. The molecule has 3 N–H and O–H groups in total. The van der Waals surface area contributed by atoms with Gasteiger partial charge >= 0.3 is 0 Å². The van der Waals surface area contributed by atoms with Gasteiger partial charge in [0.15, 0.2) is 6.23 Å².